The van der Waals surface area contributed by atoms with Crippen LogP contribution in [0.25, 0.3) is 0 Å². The second-order valence-electron chi connectivity index (χ2n) is 5.57. The monoisotopic (exact) mass is 276 g/mol. The van der Waals surface area contributed by atoms with Gasteiger partial charge in [-0.05, 0) is 50.2 Å². The largest absolute Gasteiger partial charge is 0.393 e. The molecule has 1 fully saturated rings. The number of rotatable bonds is 3. The lowest BCUT2D eigenvalue weighted by Crippen LogP contribution is -2.41. The van der Waals surface area contributed by atoms with Gasteiger partial charge in [0, 0.05) is 11.7 Å². The lowest BCUT2D eigenvalue weighted by molar-refractivity contribution is 0.118. The van der Waals surface area contributed by atoms with Gasteiger partial charge in [0.25, 0.3) is 0 Å². The number of carbonyl (C=O) groups excluding carboxylic acids is 1. The van der Waals surface area contributed by atoms with Crippen LogP contribution in [-0.2, 0) is 6.42 Å². The van der Waals surface area contributed by atoms with Gasteiger partial charge in [-0.15, -0.1) is 0 Å². The Kier molecular flexibility index (Phi) is 5.01. The summed E-state index contributed by atoms with van der Waals surface area (Å²) in [6.07, 6.45) is 3.95. The van der Waals surface area contributed by atoms with E-state index in [-0.39, 0.29) is 18.2 Å². The number of para-hydroxylation sites is 1. The number of aliphatic hydroxyl groups excluding tert-OH is 1. The number of aliphatic hydroxyl groups is 1. The van der Waals surface area contributed by atoms with E-state index in [9.17, 15) is 9.90 Å². The maximum Gasteiger partial charge on any atom is 0.319 e. The van der Waals surface area contributed by atoms with Gasteiger partial charge in [0.1, 0.15) is 0 Å². The zero-order valence-corrected chi connectivity index (χ0v) is 12.3. The molecule has 1 aromatic rings. The van der Waals surface area contributed by atoms with E-state index in [2.05, 4.69) is 17.6 Å². The molecule has 20 heavy (non-hydrogen) atoms. The highest BCUT2D eigenvalue weighted by Gasteiger charge is 2.21. The third-order valence-corrected chi connectivity index (χ3v) is 4.01. The summed E-state index contributed by atoms with van der Waals surface area (Å²) in [7, 11) is 0. The van der Waals surface area contributed by atoms with E-state index in [1.807, 2.05) is 25.1 Å². The number of benzene rings is 1. The Hall–Kier alpha value is -1.55. The number of anilines is 1. The third kappa shape index (κ3) is 3.73. The van der Waals surface area contributed by atoms with Gasteiger partial charge < -0.3 is 15.7 Å². The number of amides is 2. The molecule has 0 spiro atoms. The smallest absolute Gasteiger partial charge is 0.319 e. The fourth-order valence-corrected chi connectivity index (χ4v) is 2.76. The number of carbonyl (C=O) groups is 1. The molecule has 0 saturated heterocycles. The van der Waals surface area contributed by atoms with E-state index >= 15 is 0 Å². The van der Waals surface area contributed by atoms with Gasteiger partial charge in [0.05, 0.1) is 6.10 Å². The van der Waals surface area contributed by atoms with Crippen molar-refractivity contribution in [1.29, 1.82) is 0 Å². The minimum atomic E-state index is -0.195. The van der Waals surface area contributed by atoms with E-state index in [1.54, 1.807) is 0 Å². The van der Waals surface area contributed by atoms with Crippen molar-refractivity contribution < 1.29 is 9.90 Å². The third-order valence-electron chi connectivity index (χ3n) is 4.01. The average molecular weight is 276 g/mol. The van der Waals surface area contributed by atoms with Gasteiger partial charge in [-0.3, -0.25) is 0 Å². The predicted octanol–water partition coefficient (Wildman–Crippen LogP) is 2.98. The van der Waals surface area contributed by atoms with Crippen LogP contribution in [0.5, 0.6) is 0 Å². The molecule has 1 saturated carbocycles. The first-order valence-corrected chi connectivity index (χ1v) is 7.44. The van der Waals surface area contributed by atoms with Crippen LogP contribution in [0.1, 0.15) is 43.7 Å². The molecule has 0 radical (unpaired) electrons. The zero-order chi connectivity index (χ0) is 14.5. The van der Waals surface area contributed by atoms with Crippen molar-refractivity contribution in [2.24, 2.45) is 0 Å². The molecule has 2 rings (SSSR count). The Labute approximate surface area is 120 Å². The quantitative estimate of drug-likeness (QED) is 0.794. The Morgan fingerprint density at radius 1 is 1.30 bits per heavy atom. The number of urea groups is 1. The molecular weight excluding hydrogens is 252 g/mol. The average Bonchev–Trinajstić information content (AvgIpc) is 2.43. The maximum atomic E-state index is 12.1. The van der Waals surface area contributed by atoms with Crippen LogP contribution in [0.15, 0.2) is 18.2 Å². The van der Waals surface area contributed by atoms with Crippen molar-refractivity contribution in [2.45, 2.75) is 58.1 Å². The standard InChI is InChI=1S/C16H24N2O2/c1-3-12-6-4-5-11(2)15(12)18-16(20)17-13-7-9-14(19)10-8-13/h4-6,13-14,19H,3,7-10H2,1-2H3,(H2,17,18,20). The molecule has 0 heterocycles. The second kappa shape index (κ2) is 6.75. The van der Waals surface area contributed by atoms with Gasteiger partial charge in [-0.25, -0.2) is 4.79 Å². The van der Waals surface area contributed by atoms with Crippen molar-refractivity contribution in [1.82, 2.24) is 5.32 Å². The highest BCUT2D eigenvalue weighted by Crippen LogP contribution is 2.22. The molecule has 2 amide bonds. The van der Waals surface area contributed by atoms with Crippen LogP contribution in [0.2, 0.25) is 0 Å². The number of aryl methyl sites for hydroxylation is 2. The lowest BCUT2D eigenvalue weighted by Gasteiger charge is -2.26. The van der Waals surface area contributed by atoms with Crippen LogP contribution >= 0.6 is 0 Å². The maximum absolute atomic E-state index is 12.1. The van der Waals surface area contributed by atoms with Gasteiger partial charge in [-0.1, -0.05) is 25.1 Å². The zero-order valence-electron chi connectivity index (χ0n) is 12.3. The van der Waals surface area contributed by atoms with Crippen molar-refractivity contribution in [2.75, 3.05) is 5.32 Å². The molecule has 3 N–H and O–H groups in total. The molecule has 0 atom stereocenters. The summed E-state index contributed by atoms with van der Waals surface area (Å²) >= 11 is 0. The molecule has 1 aliphatic carbocycles. The van der Waals surface area contributed by atoms with Crippen LogP contribution in [0, 0.1) is 6.92 Å². The Bertz CT molecular complexity index is 466. The van der Waals surface area contributed by atoms with Gasteiger partial charge in [-0.2, -0.15) is 0 Å². The second-order valence-corrected chi connectivity index (χ2v) is 5.57. The van der Waals surface area contributed by atoms with E-state index in [1.165, 1.54) is 0 Å². The summed E-state index contributed by atoms with van der Waals surface area (Å²) in [6, 6.07) is 6.09. The first kappa shape index (κ1) is 14.9. The van der Waals surface area contributed by atoms with Crippen LogP contribution in [-0.4, -0.2) is 23.3 Å². The summed E-state index contributed by atoms with van der Waals surface area (Å²) in [5, 5.41) is 15.5. The number of hydrogen-bond donors (Lipinski definition) is 3. The molecule has 0 aromatic heterocycles. The lowest BCUT2D eigenvalue weighted by atomic mass is 9.93. The summed E-state index contributed by atoms with van der Waals surface area (Å²) in [6.45, 7) is 4.09. The molecule has 110 valence electrons. The molecule has 0 aliphatic heterocycles. The van der Waals surface area contributed by atoms with Crippen molar-refractivity contribution in [3.63, 3.8) is 0 Å². The number of hydrogen-bond acceptors (Lipinski definition) is 2. The highest BCUT2D eigenvalue weighted by atomic mass is 16.3. The Morgan fingerprint density at radius 3 is 2.65 bits per heavy atom. The minimum Gasteiger partial charge on any atom is -0.393 e. The van der Waals surface area contributed by atoms with Gasteiger partial charge in [0.2, 0.25) is 0 Å². The first-order chi connectivity index (χ1) is 9.60. The molecule has 4 heteroatoms. The molecule has 1 aliphatic rings. The highest BCUT2D eigenvalue weighted by molar-refractivity contribution is 5.91. The molecule has 1 aromatic carbocycles. The molecule has 0 unspecified atom stereocenters. The minimum absolute atomic E-state index is 0.143. The Balaban J connectivity index is 1.95. The summed E-state index contributed by atoms with van der Waals surface area (Å²) in [5.74, 6) is 0. The van der Waals surface area contributed by atoms with Crippen LogP contribution in [0.4, 0.5) is 10.5 Å². The summed E-state index contributed by atoms with van der Waals surface area (Å²) in [5.41, 5.74) is 3.15. The van der Waals surface area contributed by atoms with E-state index in [0.717, 1.165) is 48.9 Å². The predicted molar refractivity (Wildman–Crippen MR) is 81.0 cm³/mol. The van der Waals surface area contributed by atoms with Crippen molar-refractivity contribution >= 4 is 11.7 Å². The topological polar surface area (TPSA) is 61.4 Å². The molecule has 4 nitrogen and oxygen atoms in total. The molecule has 0 bridgehead atoms. The van der Waals surface area contributed by atoms with E-state index < -0.39 is 0 Å². The first-order valence-electron chi connectivity index (χ1n) is 7.44. The number of nitrogens with one attached hydrogen (secondary N) is 2. The SMILES string of the molecule is CCc1cccc(C)c1NC(=O)NC1CCC(O)CC1. The summed E-state index contributed by atoms with van der Waals surface area (Å²) < 4.78 is 0. The summed E-state index contributed by atoms with van der Waals surface area (Å²) in [4.78, 5) is 12.1. The van der Waals surface area contributed by atoms with Crippen LogP contribution in [0.3, 0.4) is 0 Å². The van der Waals surface area contributed by atoms with E-state index in [4.69, 9.17) is 0 Å². The van der Waals surface area contributed by atoms with E-state index in [0.29, 0.717) is 0 Å². The Morgan fingerprint density at radius 2 is 2.00 bits per heavy atom. The van der Waals surface area contributed by atoms with Crippen molar-refractivity contribution in [3.8, 4) is 0 Å². The fraction of sp³-hybridized carbons (Fsp3) is 0.562. The fourth-order valence-electron chi connectivity index (χ4n) is 2.76. The van der Waals surface area contributed by atoms with Crippen LogP contribution < -0.4 is 10.6 Å². The van der Waals surface area contributed by atoms with Gasteiger partial charge in [0.15, 0.2) is 0 Å². The normalized spacial score (nSPS) is 22.4. The van der Waals surface area contributed by atoms with Gasteiger partial charge >= 0.3 is 6.03 Å². The molecular formula is C16H24N2O2. The van der Waals surface area contributed by atoms with Crippen molar-refractivity contribution in [3.05, 3.63) is 29.3 Å².